The number of nitrogens with zero attached hydrogens (tertiary/aromatic N) is 1. The second-order valence-corrected chi connectivity index (χ2v) is 5.22. The third kappa shape index (κ3) is 3.88. The number of likely N-dealkylation sites (N-methyl/N-ethyl adjacent to an activating group) is 1. The van der Waals surface area contributed by atoms with Crippen molar-refractivity contribution in [2.75, 3.05) is 14.1 Å². The van der Waals surface area contributed by atoms with E-state index in [-0.39, 0.29) is 0 Å². The fraction of sp³-hybridized carbons (Fsp3) is 0.600. The Bertz CT molecular complexity index is 297. The molecule has 1 heteroatoms. The summed E-state index contributed by atoms with van der Waals surface area (Å²) in [7, 11) is 4.22. The predicted octanol–water partition coefficient (Wildman–Crippen LogP) is 4.00. The number of rotatable bonds is 5. The van der Waals surface area contributed by atoms with Crippen LogP contribution in [0.5, 0.6) is 0 Å². The zero-order valence-electron chi connectivity index (χ0n) is 11.2. The Hall–Kier alpha value is -0.980. The number of hydrogen-bond donors (Lipinski definition) is 0. The summed E-state index contributed by atoms with van der Waals surface area (Å²) in [6.45, 7) is 8.39. The lowest BCUT2D eigenvalue weighted by atomic mass is 9.84. The molecule has 0 aromatic rings. The molecule has 16 heavy (non-hydrogen) atoms. The van der Waals surface area contributed by atoms with Gasteiger partial charge < -0.3 is 4.90 Å². The summed E-state index contributed by atoms with van der Waals surface area (Å²) in [6.07, 6.45) is 10.7. The van der Waals surface area contributed by atoms with E-state index in [0.29, 0.717) is 11.8 Å². The van der Waals surface area contributed by atoms with Crippen molar-refractivity contribution in [3.8, 4) is 0 Å². The lowest BCUT2D eigenvalue weighted by Gasteiger charge is -2.26. The summed E-state index contributed by atoms with van der Waals surface area (Å²) in [5.74, 6) is 1.37. The van der Waals surface area contributed by atoms with E-state index in [0.717, 1.165) is 6.42 Å². The molecule has 0 fully saturated rings. The highest BCUT2D eigenvalue weighted by Gasteiger charge is 2.17. The van der Waals surface area contributed by atoms with Crippen LogP contribution in [0.3, 0.4) is 0 Å². The number of hydrogen-bond acceptors (Lipinski definition) is 1. The van der Waals surface area contributed by atoms with Crippen molar-refractivity contribution in [2.45, 2.75) is 33.1 Å². The van der Waals surface area contributed by atoms with Gasteiger partial charge in [-0.2, -0.15) is 0 Å². The molecule has 2 atom stereocenters. The van der Waals surface area contributed by atoms with Crippen molar-refractivity contribution in [1.29, 1.82) is 0 Å². The van der Waals surface area contributed by atoms with Crippen LogP contribution in [0.15, 0.2) is 36.1 Å². The standard InChI is InChI=1S/C15H25N/c1-12(2)7-6-8-14-11-15(16(4)5)10-9-13(14)3/h9-11,13-14H,1,6-8H2,2-5H3. The van der Waals surface area contributed by atoms with Gasteiger partial charge in [0.25, 0.3) is 0 Å². The molecule has 0 N–H and O–H groups in total. The second-order valence-electron chi connectivity index (χ2n) is 5.22. The molecule has 0 saturated carbocycles. The van der Waals surface area contributed by atoms with Gasteiger partial charge in [0.15, 0.2) is 0 Å². The average molecular weight is 219 g/mol. The van der Waals surface area contributed by atoms with E-state index in [4.69, 9.17) is 0 Å². The van der Waals surface area contributed by atoms with Crippen LogP contribution >= 0.6 is 0 Å². The molecular weight excluding hydrogens is 194 g/mol. The van der Waals surface area contributed by atoms with Crippen molar-refractivity contribution in [3.05, 3.63) is 36.1 Å². The second kappa shape index (κ2) is 5.93. The van der Waals surface area contributed by atoms with Crippen molar-refractivity contribution < 1.29 is 0 Å². The van der Waals surface area contributed by atoms with Crippen LogP contribution in [0.25, 0.3) is 0 Å². The summed E-state index contributed by atoms with van der Waals surface area (Å²) in [4.78, 5) is 2.19. The van der Waals surface area contributed by atoms with Gasteiger partial charge >= 0.3 is 0 Å². The molecule has 2 unspecified atom stereocenters. The first kappa shape index (κ1) is 13.1. The van der Waals surface area contributed by atoms with Crippen LogP contribution in [-0.2, 0) is 0 Å². The smallest absolute Gasteiger partial charge is 0.0320 e. The molecule has 1 aliphatic carbocycles. The van der Waals surface area contributed by atoms with E-state index in [1.54, 1.807) is 0 Å². The summed E-state index contributed by atoms with van der Waals surface area (Å²) in [5.41, 5.74) is 2.65. The van der Waals surface area contributed by atoms with Gasteiger partial charge in [-0.3, -0.25) is 0 Å². The van der Waals surface area contributed by atoms with Gasteiger partial charge in [-0.1, -0.05) is 24.6 Å². The maximum absolute atomic E-state index is 3.96. The Morgan fingerprint density at radius 2 is 2.12 bits per heavy atom. The van der Waals surface area contributed by atoms with E-state index in [1.165, 1.54) is 24.1 Å². The molecule has 0 aliphatic heterocycles. The van der Waals surface area contributed by atoms with Gasteiger partial charge in [0.05, 0.1) is 0 Å². The third-order valence-electron chi connectivity index (χ3n) is 3.29. The van der Waals surface area contributed by atoms with Gasteiger partial charge in [-0.15, -0.1) is 6.58 Å². The molecule has 0 saturated heterocycles. The molecule has 0 amide bonds. The molecule has 0 bridgehead atoms. The highest BCUT2D eigenvalue weighted by Crippen LogP contribution is 2.28. The first-order valence-electron chi connectivity index (χ1n) is 6.22. The zero-order chi connectivity index (χ0) is 12.1. The predicted molar refractivity (Wildman–Crippen MR) is 72.2 cm³/mol. The van der Waals surface area contributed by atoms with E-state index < -0.39 is 0 Å². The number of allylic oxidation sites excluding steroid dienone is 4. The van der Waals surface area contributed by atoms with Crippen molar-refractivity contribution in [3.63, 3.8) is 0 Å². The topological polar surface area (TPSA) is 3.24 Å². The molecule has 0 radical (unpaired) electrons. The molecule has 0 aromatic heterocycles. The quantitative estimate of drug-likeness (QED) is 0.632. The Morgan fingerprint density at radius 1 is 1.44 bits per heavy atom. The van der Waals surface area contributed by atoms with Crippen molar-refractivity contribution in [2.24, 2.45) is 11.8 Å². The zero-order valence-corrected chi connectivity index (χ0v) is 11.2. The normalized spacial score (nSPS) is 24.1. The van der Waals surface area contributed by atoms with Crippen LogP contribution in [0, 0.1) is 11.8 Å². The fourth-order valence-electron chi connectivity index (χ4n) is 2.10. The van der Waals surface area contributed by atoms with Crippen LogP contribution in [0.4, 0.5) is 0 Å². The van der Waals surface area contributed by atoms with Gasteiger partial charge in [-0.05, 0) is 44.1 Å². The van der Waals surface area contributed by atoms with Crippen LogP contribution in [0.2, 0.25) is 0 Å². The summed E-state index contributed by atoms with van der Waals surface area (Å²) in [5, 5.41) is 0. The summed E-state index contributed by atoms with van der Waals surface area (Å²) >= 11 is 0. The van der Waals surface area contributed by atoms with Crippen LogP contribution in [-0.4, -0.2) is 19.0 Å². The van der Waals surface area contributed by atoms with Gasteiger partial charge in [0, 0.05) is 19.8 Å². The maximum atomic E-state index is 3.96. The average Bonchev–Trinajstić information content (AvgIpc) is 2.20. The molecule has 0 aromatic carbocycles. The lowest BCUT2D eigenvalue weighted by molar-refractivity contribution is 0.430. The van der Waals surface area contributed by atoms with Gasteiger partial charge in [0.1, 0.15) is 0 Å². The fourth-order valence-corrected chi connectivity index (χ4v) is 2.10. The molecule has 1 nitrogen and oxygen atoms in total. The Kier molecular flexibility index (Phi) is 4.85. The first-order chi connectivity index (χ1) is 7.50. The minimum absolute atomic E-state index is 0.675. The van der Waals surface area contributed by atoms with E-state index in [2.05, 4.69) is 57.6 Å². The highest BCUT2D eigenvalue weighted by molar-refractivity contribution is 5.23. The third-order valence-corrected chi connectivity index (χ3v) is 3.29. The molecule has 1 aliphatic rings. The SMILES string of the molecule is C=C(C)CCCC1C=C(N(C)C)C=CC1C. The van der Waals surface area contributed by atoms with Crippen LogP contribution in [0.1, 0.15) is 33.1 Å². The Morgan fingerprint density at radius 3 is 2.69 bits per heavy atom. The first-order valence-corrected chi connectivity index (χ1v) is 6.22. The molecule has 0 spiro atoms. The van der Waals surface area contributed by atoms with Gasteiger partial charge in [-0.25, -0.2) is 0 Å². The molecule has 1 rings (SSSR count). The van der Waals surface area contributed by atoms with E-state index in [9.17, 15) is 0 Å². The Labute approximate surface area is 101 Å². The molecular formula is C15H25N. The monoisotopic (exact) mass is 219 g/mol. The summed E-state index contributed by atoms with van der Waals surface area (Å²) in [6, 6.07) is 0. The summed E-state index contributed by atoms with van der Waals surface area (Å²) < 4.78 is 0. The largest absolute Gasteiger partial charge is 0.378 e. The van der Waals surface area contributed by atoms with E-state index >= 15 is 0 Å². The molecule has 90 valence electrons. The Balaban J connectivity index is 2.51. The maximum Gasteiger partial charge on any atom is 0.0320 e. The minimum Gasteiger partial charge on any atom is -0.378 e. The molecule has 0 heterocycles. The van der Waals surface area contributed by atoms with Crippen LogP contribution < -0.4 is 0 Å². The highest BCUT2D eigenvalue weighted by atomic mass is 15.1. The minimum atomic E-state index is 0.675. The van der Waals surface area contributed by atoms with E-state index in [1.807, 2.05) is 0 Å². The van der Waals surface area contributed by atoms with Crippen molar-refractivity contribution in [1.82, 2.24) is 4.90 Å². The van der Waals surface area contributed by atoms with Gasteiger partial charge in [0.2, 0.25) is 0 Å². The van der Waals surface area contributed by atoms with Crippen molar-refractivity contribution >= 4 is 0 Å². The lowest BCUT2D eigenvalue weighted by Crippen LogP contribution is -2.18.